The highest BCUT2D eigenvalue weighted by Gasteiger charge is 2.00. The molecule has 0 fully saturated rings. The first-order valence-electron chi connectivity index (χ1n) is 4.67. The van der Waals surface area contributed by atoms with Gasteiger partial charge in [-0.1, -0.05) is 15.9 Å². The topological polar surface area (TPSA) is 37.8 Å². The molecule has 3 nitrogen and oxygen atoms in total. The molecular formula is C11H9BrClN3. The van der Waals surface area contributed by atoms with Crippen molar-refractivity contribution in [3.63, 3.8) is 0 Å². The first-order valence-corrected chi connectivity index (χ1v) is 5.84. The van der Waals surface area contributed by atoms with Crippen molar-refractivity contribution in [3.8, 4) is 0 Å². The molecule has 1 aromatic heterocycles. The van der Waals surface area contributed by atoms with E-state index in [-0.39, 0.29) is 5.28 Å². The van der Waals surface area contributed by atoms with E-state index in [1.807, 2.05) is 37.3 Å². The van der Waals surface area contributed by atoms with E-state index < -0.39 is 0 Å². The molecule has 1 N–H and O–H groups in total. The second-order valence-corrected chi connectivity index (χ2v) is 4.55. The summed E-state index contributed by atoms with van der Waals surface area (Å²) in [5, 5.41) is 3.41. The number of nitrogens with one attached hydrogen (secondary N) is 1. The van der Waals surface area contributed by atoms with Crippen molar-refractivity contribution in [1.82, 2.24) is 9.97 Å². The third-order valence-electron chi connectivity index (χ3n) is 1.94. The smallest absolute Gasteiger partial charge is 0.224 e. The zero-order chi connectivity index (χ0) is 11.5. The van der Waals surface area contributed by atoms with Gasteiger partial charge in [0.15, 0.2) is 0 Å². The van der Waals surface area contributed by atoms with Gasteiger partial charge in [0, 0.05) is 21.9 Å². The number of hydrogen-bond acceptors (Lipinski definition) is 3. The van der Waals surface area contributed by atoms with Crippen molar-refractivity contribution in [1.29, 1.82) is 0 Å². The first-order chi connectivity index (χ1) is 7.63. The van der Waals surface area contributed by atoms with Crippen LogP contribution in [0.1, 0.15) is 5.69 Å². The Morgan fingerprint density at radius 2 is 1.88 bits per heavy atom. The van der Waals surface area contributed by atoms with Gasteiger partial charge >= 0.3 is 0 Å². The molecule has 0 amide bonds. The lowest BCUT2D eigenvalue weighted by molar-refractivity contribution is 1.10. The predicted octanol–water partition coefficient (Wildman–Crippen LogP) is 3.94. The molecule has 0 aliphatic heterocycles. The van der Waals surface area contributed by atoms with Gasteiger partial charge in [-0.3, -0.25) is 0 Å². The van der Waals surface area contributed by atoms with Gasteiger partial charge in [-0.15, -0.1) is 0 Å². The molecule has 2 rings (SSSR count). The van der Waals surface area contributed by atoms with E-state index in [1.54, 1.807) is 0 Å². The molecule has 0 atom stereocenters. The molecule has 0 radical (unpaired) electrons. The minimum atomic E-state index is 0.250. The van der Waals surface area contributed by atoms with Crippen LogP contribution in [0.3, 0.4) is 0 Å². The van der Waals surface area contributed by atoms with Crippen LogP contribution in [0.2, 0.25) is 5.28 Å². The van der Waals surface area contributed by atoms with Gasteiger partial charge in [-0.25, -0.2) is 9.97 Å². The van der Waals surface area contributed by atoms with Crippen LogP contribution in [0.15, 0.2) is 34.8 Å². The number of hydrogen-bond donors (Lipinski definition) is 1. The lowest BCUT2D eigenvalue weighted by atomic mass is 10.3. The fourth-order valence-corrected chi connectivity index (χ4v) is 1.77. The number of nitrogens with zero attached hydrogens (tertiary/aromatic N) is 2. The maximum Gasteiger partial charge on any atom is 0.224 e. The van der Waals surface area contributed by atoms with E-state index in [2.05, 4.69) is 31.2 Å². The molecule has 16 heavy (non-hydrogen) atoms. The van der Waals surface area contributed by atoms with Crippen molar-refractivity contribution in [3.05, 3.63) is 45.8 Å². The monoisotopic (exact) mass is 297 g/mol. The van der Waals surface area contributed by atoms with Crippen LogP contribution in [0.4, 0.5) is 11.5 Å². The summed E-state index contributed by atoms with van der Waals surface area (Å²) in [6.07, 6.45) is 0. The highest BCUT2D eigenvalue weighted by atomic mass is 79.9. The second-order valence-electron chi connectivity index (χ2n) is 3.30. The number of anilines is 2. The number of benzene rings is 1. The maximum absolute atomic E-state index is 5.77. The Morgan fingerprint density at radius 3 is 2.50 bits per heavy atom. The van der Waals surface area contributed by atoms with Crippen molar-refractivity contribution in [2.75, 3.05) is 5.32 Å². The van der Waals surface area contributed by atoms with Crippen molar-refractivity contribution in [2.45, 2.75) is 6.92 Å². The van der Waals surface area contributed by atoms with Crippen molar-refractivity contribution < 1.29 is 0 Å². The fourth-order valence-electron chi connectivity index (χ4n) is 1.28. The molecule has 0 spiro atoms. The van der Waals surface area contributed by atoms with E-state index >= 15 is 0 Å². The highest BCUT2D eigenvalue weighted by Crippen LogP contribution is 2.19. The van der Waals surface area contributed by atoms with Crippen molar-refractivity contribution >= 4 is 39.0 Å². The van der Waals surface area contributed by atoms with E-state index in [0.29, 0.717) is 5.82 Å². The molecule has 0 aliphatic rings. The quantitative estimate of drug-likeness (QED) is 0.853. The first kappa shape index (κ1) is 11.4. The van der Waals surface area contributed by atoms with Gasteiger partial charge < -0.3 is 5.32 Å². The Morgan fingerprint density at radius 1 is 1.19 bits per heavy atom. The second kappa shape index (κ2) is 4.80. The van der Waals surface area contributed by atoms with E-state index in [1.165, 1.54) is 0 Å². The highest BCUT2D eigenvalue weighted by molar-refractivity contribution is 9.10. The van der Waals surface area contributed by atoms with Crippen LogP contribution < -0.4 is 5.32 Å². The Hall–Kier alpha value is -1.13. The summed E-state index contributed by atoms with van der Waals surface area (Å²) in [4.78, 5) is 8.08. The Bertz CT molecular complexity index is 479. The van der Waals surface area contributed by atoms with Gasteiger partial charge in [-0.05, 0) is 42.8 Å². The van der Waals surface area contributed by atoms with Crippen LogP contribution in [0, 0.1) is 6.92 Å². The van der Waals surface area contributed by atoms with Crippen LogP contribution in [0.25, 0.3) is 0 Å². The third kappa shape index (κ3) is 2.93. The van der Waals surface area contributed by atoms with Gasteiger partial charge in [0.05, 0.1) is 0 Å². The molecule has 0 saturated heterocycles. The van der Waals surface area contributed by atoms with Crippen LogP contribution >= 0.6 is 27.5 Å². The summed E-state index contributed by atoms with van der Waals surface area (Å²) in [7, 11) is 0. The third-order valence-corrected chi connectivity index (χ3v) is 2.64. The van der Waals surface area contributed by atoms with E-state index in [4.69, 9.17) is 11.6 Å². The molecular weight excluding hydrogens is 289 g/mol. The summed E-state index contributed by atoms with van der Waals surface area (Å²) in [5.74, 6) is 0.694. The molecule has 2 aromatic rings. The number of aromatic nitrogens is 2. The summed E-state index contributed by atoms with van der Waals surface area (Å²) in [6, 6.07) is 9.66. The molecule has 0 unspecified atom stereocenters. The largest absolute Gasteiger partial charge is 0.340 e. The lowest BCUT2D eigenvalue weighted by Gasteiger charge is -2.06. The Labute approximate surface area is 107 Å². The summed E-state index contributed by atoms with van der Waals surface area (Å²) in [5.41, 5.74) is 1.79. The Balaban J connectivity index is 2.23. The number of rotatable bonds is 2. The molecule has 82 valence electrons. The van der Waals surface area contributed by atoms with Gasteiger partial charge in [0.2, 0.25) is 5.28 Å². The molecule has 1 heterocycles. The number of aryl methyl sites for hydroxylation is 1. The van der Waals surface area contributed by atoms with Crippen LogP contribution in [0.5, 0.6) is 0 Å². The Kier molecular flexibility index (Phi) is 3.41. The molecule has 0 saturated carbocycles. The van der Waals surface area contributed by atoms with Gasteiger partial charge in [0.1, 0.15) is 5.82 Å². The molecule has 1 aromatic carbocycles. The normalized spacial score (nSPS) is 10.2. The fraction of sp³-hybridized carbons (Fsp3) is 0.0909. The standard InChI is InChI=1S/C11H9BrClN3/c1-7-6-10(16-11(13)14-7)15-9-4-2-8(12)3-5-9/h2-6H,1H3,(H,14,15,16). The lowest BCUT2D eigenvalue weighted by Crippen LogP contribution is -1.96. The minimum Gasteiger partial charge on any atom is -0.340 e. The average molecular weight is 299 g/mol. The summed E-state index contributed by atoms with van der Waals surface area (Å²) < 4.78 is 1.04. The van der Waals surface area contributed by atoms with Crippen LogP contribution in [-0.2, 0) is 0 Å². The van der Waals surface area contributed by atoms with Gasteiger partial charge in [-0.2, -0.15) is 0 Å². The average Bonchev–Trinajstić information content (AvgIpc) is 2.20. The minimum absolute atomic E-state index is 0.250. The molecule has 5 heteroatoms. The zero-order valence-electron chi connectivity index (χ0n) is 8.54. The van der Waals surface area contributed by atoms with Gasteiger partial charge in [0.25, 0.3) is 0 Å². The summed E-state index contributed by atoms with van der Waals surface area (Å²) >= 11 is 9.15. The van der Waals surface area contributed by atoms with E-state index in [0.717, 1.165) is 15.9 Å². The predicted molar refractivity (Wildman–Crippen MR) is 69.2 cm³/mol. The SMILES string of the molecule is Cc1cc(Nc2ccc(Br)cc2)nc(Cl)n1. The van der Waals surface area contributed by atoms with E-state index in [9.17, 15) is 0 Å². The molecule has 0 bridgehead atoms. The zero-order valence-corrected chi connectivity index (χ0v) is 10.9. The van der Waals surface area contributed by atoms with Crippen LogP contribution in [-0.4, -0.2) is 9.97 Å². The molecule has 0 aliphatic carbocycles. The maximum atomic E-state index is 5.77. The van der Waals surface area contributed by atoms with Crippen molar-refractivity contribution in [2.24, 2.45) is 0 Å². The summed E-state index contributed by atoms with van der Waals surface area (Å²) in [6.45, 7) is 1.88. The number of halogens is 2.